The topological polar surface area (TPSA) is 112 Å². The minimum atomic E-state index is -2.60. The van der Waals surface area contributed by atoms with E-state index in [2.05, 4.69) is 32.2 Å². The molecule has 11 heteroatoms. The SMILES string of the molecule is COc1ccc([Si](C)(C)[C@H]2[C@H](CC(=O)N(CCO)Cc3ccccc3)O[C@@]3(C(=O)N(Cc4ccccc4)c4ccc(N5N=C(c6ccccc6)CCC5=O)cc43)[C@@H]2C)cc1. The molecule has 10 nitrogen and oxygen atoms in total. The van der Waals surface area contributed by atoms with Crippen LogP contribution in [0.3, 0.4) is 0 Å². The number of hydrogen-bond donors (Lipinski definition) is 1. The molecule has 1 spiro atoms. The molecule has 0 aromatic heterocycles. The fourth-order valence-corrected chi connectivity index (χ4v) is 13.7. The van der Waals surface area contributed by atoms with Crippen LogP contribution in [0.4, 0.5) is 11.4 Å². The first kappa shape index (κ1) is 40.9. The molecule has 0 radical (unpaired) electrons. The third kappa shape index (κ3) is 7.57. The molecule has 0 aliphatic carbocycles. The van der Waals surface area contributed by atoms with Gasteiger partial charge < -0.3 is 24.4 Å². The zero-order chi connectivity index (χ0) is 42.0. The first-order valence-electron chi connectivity index (χ1n) is 20.8. The van der Waals surface area contributed by atoms with Crippen molar-refractivity contribution in [2.24, 2.45) is 11.0 Å². The van der Waals surface area contributed by atoms with Crippen molar-refractivity contribution in [2.75, 3.05) is 30.2 Å². The van der Waals surface area contributed by atoms with Gasteiger partial charge in [-0.3, -0.25) is 14.4 Å². The van der Waals surface area contributed by atoms with Crippen molar-refractivity contribution < 1.29 is 29.0 Å². The second-order valence-electron chi connectivity index (χ2n) is 16.6. The molecule has 8 rings (SSSR count). The number of hydrazone groups is 1. The lowest BCUT2D eigenvalue weighted by Gasteiger charge is -2.37. The Morgan fingerprint density at radius 3 is 2.18 bits per heavy atom. The molecule has 60 heavy (non-hydrogen) atoms. The van der Waals surface area contributed by atoms with Crippen molar-refractivity contribution in [1.82, 2.24) is 4.90 Å². The molecule has 3 aliphatic heterocycles. The quantitative estimate of drug-likeness (QED) is 0.124. The van der Waals surface area contributed by atoms with E-state index in [4.69, 9.17) is 14.6 Å². The number of nitrogens with zero attached hydrogens (tertiary/aromatic N) is 4. The van der Waals surface area contributed by atoms with Crippen molar-refractivity contribution in [2.45, 2.75) is 69.6 Å². The number of carbonyl (C=O) groups excluding carboxylic acids is 3. The summed E-state index contributed by atoms with van der Waals surface area (Å²) in [6.45, 7) is 7.30. The lowest BCUT2D eigenvalue weighted by molar-refractivity contribution is -0.150. The van der Waals surface area contributed by atoms with Crippen molar-refractivity contribution in [3.8, 4) is 5.75 Å². The summed E-state index contributed by atoms with van der Waals surface area (Å²) in [5.41, 5.74) is 3.92. The van der Waals surface area contributed by atoms with Crippen LogP contribution >= 0.6 is 0 Å². The Morgan fingerprint density at radius 1 is 0.883 bits per heavy atom. The van der Waals surface area contributed by atoms with Crippen molar-refractivity contribution in [3.05, 3.63) is 156 Å². The van der Waals surface area contributed by atoms with Gasteiger partial charge in [-0.15, -0.1) is 0 Å². The third-order valence-corrected chi connectivity index (χ3v) is 17.1. The molecule has 0 bridgehead atoms. The van der Waals surface area contributed by atoms with E-state index < -0.39 is 19.8 Å². The van der Waals surface area contributed by atoms with Crippen LogP contribution in [0.15, 0.2) is 139 Å². The minimum absolute atomic E-state index is 0.0203. The van der Waals surface area contributed by atoms with E-state index in [-0.39, 0.29) is 48.8 Å². The molecule has 1 N–H and O–H groups in total. The van der Waals surface area contributed by atoms with Gasteiger partial charge in [0.05, 0.1) is 57.9 Å². The Kier molecular flexibility index (Phi) is 11.6. The zero-order valence-corrected chi connectivity index (χ0v) is 35.7. The fraction of sp³-hybridized carbons (Fsp3) is 0.306. The first-order valence-corrected chi connectivity index (χ1v) is 23.8. The number of aliphatic hydroxyl groups is 1. The summed E-state index contributed by atoms with van der Waals surface area (Å²) in [5.74, 6) is -0.125. The lowest BCUT2D eigenvalue weighted by Crippen LogP contribution is -2.52. The largest absolute Gasteiger partial charge is 0.497 e. The maximum Gasteiger partial charge on any atom is 0.264 e. The van der Waals surface area contributed by atoms with Gasteiger partial charge in [-0.1, -0.05) is 128 Å². The third-order valence-electron chi connectivity index (χ3n) is 12.7. The number of carbonyl (C=O) groups is 3. The number of methoxy groups -OCH3 is 1. The summed E-state index contributed by atoms with van der Waals surface area (Å²) in [7, 11) is -0.958. The Balaban J connectivity index is 1.25. The van der Waals surface area contributed by atoms with Gasteiger partial charge in [0, 0.05) is 37.4 Å². The second kappa shape index (κ2) is 17.0. The number of amides is 3. The molecular formula is C49H52N4O6Si. The van der Waals surface area contributed by atoms with Gasteiger partial charge in [0.15, 0.2) is 5.60 Å². The maximum absolute atomic E-state index is 15.6. The van der Waals surface area contributed by atoms with E-state index >= 15 is 4.79 Å². The summed E-state index contributed by atoms with van der Waals surface area (Å²) in [6.07, 6.45) is 0.192. The normalized spacial score (nSPS) is 21.3. The lowest BCUT2D eigenvalue weighted by atomic mass is 9.82. The number of rotatable bonds is 13. The molecule has 3 amide bonds. The first-order chi connectivity index (χ1) is 29.0. The van der Waals surface area contributed by atoms with Crippen LogP contribution in [0.25, 0.3) is 0 Å². The van der Waals surface area contributed by atoms with Crippen LogP contribution in [0.1, 0.15) is 48.4 Å². The highest BCUT2D eigenvalue weighted by Crippen LogP contribution is 2.60. The van der Waals surface area contributed by atoms with Gasteiger partial charge >= 0.3 is 0 Å². The van der Waals surface area contributed by atoms with Crippen LogP contribution in [0.2, 0.25) is 18.6 Å². The fourth-order valence-electron chi connectivity index (χ4n) is 9.67. The Bertz CT molecular complexity index is 2380. The van der Waals surface area contributed by atoms with E-state index in [0.29, 0.717) is 42.9 Å². The van der Waals surface area contributed by atoms with Crippen LogP contribution < -0.4 is 19.8 Å². The molecule has 0 unspecified atom stereocenters. The highest BCUT2D eigenvalue weighted by molar-refractivity contribution is 6.91. The van der Waals surface area contributed by atoms with Crippen LogP contribution in [-0.4, -0.2) is 67.9 Å². The van der Waals surface area contributed by atoms with Crippen LogP contribution in [0, 0.1) is 5.92 Å². The molecule has 0 saturated carbocycles. The van der Waals surface area contributed by atoms with Gasteiger partial charge in [-0.05, 0) is 52.6 Å². The summed E-state index contributed by atoms with van der Waals surface area (Å²) in [4.78, 5) is 47.3. The predicted molar refractivity (Wildman–Crippen MR) is 237 cm³/mol. The van der Waals surface area contributed by atoms with E-state index in [1.54, 1.807) is 16.9 Å². The van der Waals surface area contributed by atoms with Crippen LogP contribution in [0.5, 0.6) is 5.75 Å². The summed E-state index contributed by atoms with van der Waals surface area (Å²) in [5, 5.41) is 17.6. The van der Waals surface area contributed by atoms with E-state index in [1.165, 1.54) is 5.01 Å². The standard InChI is InChI=1S/C49H52N4O6Si/c1-34-47(60(3,4)40-23-21-39(58-2)22-24-40)44(31-46(56)51(28-29-54)32-35-14-8-5-9-15-35)59-49(34)41-30-38(53-45(55)27-25-42(50-53)37-18-12-7-13-19-37)20-26-43(41)52(48(49)57)33-36-16-10-6-11-17-36/h5-24,26,30,34,44,47,54H,25,27-29,31-33H2,1-4H3/t34-,44+,47-,49+/m1/s1. The van der Waals surface area contributed by atoms with Gasteiger partial charge in [-0.25, -0.2) is 5.01 Å². The summed E-state index contributed by atoms with van der Waals surface area (Å²) in [6, 6.07) is 43.3. The van der Waals surface area contributed by atoms with Gasteiger partial charge in [-0.2, -0.15) is 5.10 Å². The molecule has 5 aromatic rings. The van der Waals surface area contributed by atoms with Crippen LogP contribution in [-0.2, 0) is 37.8 Å². The predicted octanol–water partition coefficient (Wildman–Crippen LogP) is 7.40. The maximum atomic E-state index is 15.6. The number of hydrogen-bond acceptors (Lipinski definition) is 7. The highest BCUT2D eigenvalue weighted by atomic mass is 28.3. The van der Waals surface area contributed by atoms with Crippen molar-refractivity contribution in [3.63, 3.8) is 0 Å². The molecule has 5 aromatic carbocycles. The molecule has 1 saturated heterocycles. The molecule has 4 atom stereocenters. The monoisotopic (exact) mass is 820 g/mol. The second-order valence-corrected chi connectivity index (χ2v) is 21.3. The number of fused-ring (bicyclic) bond motifs is 2. The summed E-state index contributed by atoms with van der Waals surface area (Å²) >= 11 is 0. The number of anilines is 2. The van der Waals surface area contributed by atoms with Crippen molar-refractivity contribution in [1.29, 1.82) is 0 Å². The number of aliphatic hydroxyl groups excluding tert-OH is 1. The number of benzene rings is 5. The van der Waals surface area contributed by atoms with Gasteiger partial charge in [0.2, 0.25) is 11.8 Å². The molecular weight excluding hydrogens is 769 g/mol. The molecule has 308 valence electrons. The van der Waals surface area contributed by atoms with Gasteiger partial charge in [0.25, 0.3) is 5.91 Å². The molecule has 3 heterocycles. The molecule has 3 aliphatic rings. The smallest absolute Gasteiger partial charge is 0.264 e. The van der Waals surface area contributed by atoms with E-state index in [9.17, 15) is 14.7 Å². The Hall–Kier alpha value is -5.88. The van der Waals surface area contributed by atoms with E-state index in [1.807, 2.05) is 121 Å². The highest BCUT2D eigenvalue weighted by Gasteiger charge is 2.66. The average molecular weight is 821 g/mol. The number of ether oxygens (including phenoxy) is 2. The van der Waals surface area contributed by atoms with Gasteiger partial charge in [0.1, 0.15) is 5.75 Å². The Labute approximate surface area is 353 Å². The minimum Gasteiger partial charge on any atom is -0.497 e. The zero-order valence-electron chi connectivity index (χ0n) is 34.7. The Morgan fingerprint density at radius 2 is 1.53 bits per heavy atom. The molecule has 1 fully saturated rings. The average Bonchev–Trinajstić information content (AvgIpc) is 3.70. The van der Waals surface area contributed by atoms with Crippen molar-refractivity contribution >= 4 is 48.1 Å². The van der Waals surface area contributed by atoms with E-state index in [0.717, 1.165) is 33.3 Å². The summed E-state index contributed by atoms with van der Waals surface area (Å²) < 4.78 is 12.9.